The van der Waals surface area contributed by atoms with Gasteiger partial charge in [-0.05, 0) is 19.3 Å². The highest BCUT2D eigenvalue weighted by atomic mass is 16.2. The molecule has 1 saturated heterocycles. The minimum atomic E-state index is -0.325. The quantitative estimate of drug-likeness (QED) is 0.795. The molecule has 0 saturated carbocycles. The van der Waals surface area contributed by atoms with Crippen LogP contribution in [-0.4, -0.2) is 48.3 Å². The summed E-state index contributed by atoms with van der Waals surface area (Å²) >= 11 is 0. The molecule has 0 aliphatic carbocycles. The molecule has 0 spiro atoms. The molecule has 4 heteroatoms. The fourth-order valence-corrected chi connectivity index (χ4v) is 2.62. The zero-order valence-corrected chi connectivity index (χ0v) is 13.7. The zero-order valence-electron chi connectivity index (χ0n) is 13.7. The van der Waals surface area contributed by atoms with Crippen molar-refractivity contribution in [1.82, 2.24) is 9.80 Å². The molecule has 1 aliphatic heterocycles. The first-order chi connectivity index (χ1) is 9.27. The van der Waals surface area contributed by atoms with Gasteiger partial charge in [-0.25, -0.2) is 0 Å². The van der Waals surface area contributed by atoms with Gasteiger partial charge in [0.2, 0.25) is 11.8 Å². The molecule has 0 radical (unpaired) electrons. The predicted octanol–water partition coefficient (Wildman–Crippen LogP) is 2.53. The lowest BCUT2D eigenvalue weighted by molar-refractivity contribution is -0.144. The van der Waals surface area contributed by atoms with Gasteiger partial charge in [0, 0.05) is 38.0 Å². The van der Waals surface area contributed by atoms with Crippen molar-refractivity contribution in [3.63, 3.8) is 0 Å². The Morgan fingerprint density at radius 3 is 2.20 bits per heavy atom. The molecule has 0 aromatic rings. The molecule has 0 aromatic carbocycles. The Labute approximate surface area is 123 Å². The molecular weight excluding hydrogens is 252 g/mol. The third-order valence-electron chi connectivity index (χ3n) is 4.00. The average molecular weight is 282 g/mol. The van der Waals surface area contributed by atoms with Gasteiger partial charge in [0.15, 0.2) is 0 Å². The first kappa shape index (κ1) is 17.0. The molecule has 2 amide bonds. The Morgan fingerprint density at radius 2 is 1.75 bits per heavy atom. The monoisotopic (exact) mass is 282 g/mol. The van der Waals surface area contributed by atoms with Gasteiger partial charge < -0.3 is 9.80 Å². The number of unbranched alkanes of at least 4 members (excludes halogenated alkanes) is 1. The lowest BCUT2D eigenvalue weighted by Gasteiger charge is -2.36. The number of likely N-dealkylation sites (tertiary alicyclic amines) is 1. The SMILES string of the molecule is CCCCN(C)C(=O)C1CCN(C(=O)C(C)(C)C)CC1. The standard InChI is InChI=1S/C16H30N2O2/c1-6-7-10-17(5)14(19)13-8-11-18(12-9-13)15(20)16(2,3)4/h13H,6-12H2,1-5H3. The van der Waals surface area contributed by atoms with Crippen LogP contribution in [0.2, 0.25) is 0 Å². The van der Waals surface area contributed by atoms with Gasteiger partial charge in [-0.15, -0.1) is 0 Å². The molecule has 0 unspecified atom stereocenters. The van der Waals surface area contributed by atoms with E-state index in [2.05, 4.69) is 6.92 Å². The normalized spacial score (nSPS) is 17.1. The lowest BCUT2D eigenvalue weighted by Crippen LogP contribution is -2.47. The largest absolute Gasteiger partial charge is 0.346 e. The second-order valence-electron chi connectivity index (χ2n) is 6.93. The highest BCUT2D eigenvalue weighted by molar-refractivity contribution is 5.82. The molecule has 1 rings (SSSR count). The van der Waals surface area contributed by atoms with Crippen LogP contribution < -0.4 is 0 Å². The Kier molecular flexibility index (Phi) is 6.03. The molecule has 20 heavy (non-hydrogen) atoms. The summed E-state index contributed by atoms with van der Waals surface area (Å²) in [6.45, 7) is 10.3. The van der Waals surface area contributed by atoms with E-state index in [4.69, 9.17) is 0 Å². The van der Waals surface area contributed by atoms with Gasteiger partial charge in [0.05, 0.1) is 0 Å². The number of hydrogen-bond donors (Lipinski definition) is 0. The number of piperidine rings is 1. The molecule has 116 valence electrons. The number of carbonyl (C=O) groups is 2. The molecule has 1 heterocycles. The third-order valence-corrected chi connectivity index (χ3v) is 4.00. The maximum Gasteiger partial charge on any atom is 0.227 e. The number of nitrogens with zero attached hydrogens (tertiary/aromatic N) is 2. The fraction of sp³-hybridized carbons (Fsp3) is 0.875. The van der Waals surface area contributed by atoms with E-state index in [1.807, 2.05) is 37.6 Å². The summed E-state index contributed by atoms with van der Waals surface area (Å²) < 4.78 is 0. The first-order valence-corrected chi connectivity index (χ1v) is 7.81. The second kappa shape index (κ2) is 7.09. The maximum absolute atomic E-state index is 12.3. The minimum Gasteiger partial charge on any atom is -0.346 e. The summed E-state index contributed by atoms with van der Waals surface area (Å²) in [5, 5.41) is 0. The molecule has 0 bridgehead atoms. The number of amides is 2. The van der Waals surface area contributed by atoms with Crippen molar-refractivity contribution in [2.24, 2.45) is 11.3 Å². The number of rotatable bonds is 4. The summed E-state index contributed by atoms with van der Waals surface area (Å²) in [5.74, 6) is 0.546. The second-order valence-corrected chi connectivity index (χ2v) is 6.93. The topological polar surface area (TPSA) is 40.6 Å². The fourth-order valence-electron chi connectivity index (χ4n) is 2.62. The van der Waals surface area contributed by atoms with Gasteiger partial charge in [-0.1, -0.05) is 34.1 Å². The molecule has 0 aromatic heterocycles. The Bertz CT molecular complexity index is 339. The third kappa shape index (κ3) is 4.50. The highest BCUT2D eigenvalue weighted by Gasteiger charge is 2.33. The van der Waals surface area contributed by atoms with E-state index < -0.39 is 0 Å². The van der Waals surface area contributed by atoms with E-state index in [0.29, 0.717) is 13.1 Å². The maximum atomic E-state index is 12.3. The van der Waals surface area contributed by atoms with Crippen LogP contribution in [0.5, 0.6) is 0 Å². The van der Waals surface area contributed by atoms with E-state index in [1.54, 1.807) is 0 Å². The van der Waals surface area contributed by atoms with Crippen LogP contribution in [-0.2, 0) is 9.59 Å². The Morgan fingerprint density at radius 1 is 1.20 bits per heavy atom. The van der Waals surface area contributed by atoms with Crippen LogP contribution in [0, 0.1) is 11.3 Å². The van der Waals surface area contributed by atoms with Crippen molar-refractivity contribution < 1.29 is 9.59 Å². The van der Waals surface area contributed by atoms with E-state index in [9.17, 15) is 9.59 Å². The van der Waals surface area contributed by atoms with Crippen molar-refractivity contribution >= 4 is 11.8 Å². The lowest BCUT2D eigenvalue weighted by atomic mass is 9.90. The van der Waals surface area contributed by atoms with Gasteiger partial charge in [0.25, 0.3) is 0 Å². The summed E-state index contributed by atoms with van der Waals surface area (Å²) in [6, 6.07) is 0. The highest BCUT2D eigenvalue weighted by Crippen LogP contribution is 2.24. The zero-order chi connectivity index (χ0) is 15.3. The molecule has 4 nitrogen and oxygen atoms in total. The summed E-state index contributed by atoms with van der Waals surface area (Å²) in [7, 11) is 1.89. The van der Waals surface area contributed by atoms with Crippen molar-refractivity contribution in [3.05, 3.63) is 0 Å². The predicted molar refractivity (Wildman–Crippen MR) is 81.3 cm³/mol. The molecule has 0 N–H and O–H groups in total. The van der Waals surface area contributed by atoms with Crippen molar-refractivity contribution in [2.75, 3.05) is 26.7 Å². The van der Waals surface area contributed by atoms with Crippen LogP contribution in [0.3, 0.4) is 0 Å². The van der Waals surface area contributed by atoms with Crippen molar-refractivity contribution in [1.29, 1.82) is 0 Å². The summed E-state index contributed by atoms with van der Waals surface area (Å²) in [5.41, 5.74) is -0.325. The minimum absolute atomic E-state index is 0.0980. The molecule has 1 fully saturated rings. The van der Waals surface area contributed by atoms with Crippen molar-refractivity contribution in [2.45, 2.75) is 53.4 Å². The first-order valence-electron chi connectivity index (χ1n) is 7.81. The van der Waals surface area contributed by atoms with Gasteiger partial charge in [-0.3, -0.25) is 9.59 Å². The van der Waals surface area contributed by atoms with E-state index in [-0.39, 0.29) is 23.1 Å². The Hall–Kier alpha value is -1.06. The molecular formula is C16H30N2O2. The smallest absolute Gasteiger partial charge is 0.227 e. The van der Waals surface area contributed by atoms with Crippen LogP contribution >= 0.6 is 0 Å². The van der Waals surface area contributed by atoms with E-state index >= 15 is 0 Å². The average Bonchev–Trinajstić information content (AvgIpc) is 2.42. The van der Waals surface area contributed by atoms with E-state index in [1.165, 1.54) is 0 Å². The van der Waals surface area contributed by atoms with Gasteiger partial charge >= 0.3 is 0 Å². The van der Waals surface area contributed by atoms with Gasteiger partial charge in [0.1, 0.15) is 0 Å². The van der Waals surface area contributed by atoms with Crippen molar-refractivity contribution in [3.8, 4) is 0 Å². The number of hydrogen-bond acceptors (Lipinski definition) is 2. The van der Waals surface area contributed by atoms with Crippen LogP contribution in [0.25, 0.3) is 0 Å². The summed E-state index contributed by atoms with van der Waals surface area (Å²) in [4.78, 5) is 28.3. The molecule has 1 aliphatic rings. The van der Waals surface area contributed by atoms with Gasteiger partial charge in [-0.2, -0.15) is 0 Å². The van der Waals surface area contributed by atoms with Crippen LogP contribution in [0.4, 0.5) is 0 Å². The summed E-state index contributed by atoms with van der Waals surface area (Å²) in [6.07, 6.45) is 3.77. The van der Waals surface area contributed by atoms with Crippen LogP contribution in [0.1, 0.15) is 53.4 Å². The van der Waals surface area contributed by atoms with E-state index in [0.717, 1.165) is 32.2 Å². The van der Waals surface area contributed by atoms with Crippen LogP contribution in [0.15, 0.2) is 0 Å². The number of carbonyl (C=O) groups excluding carboxylic acids is 2. The molecule has 0 atom stereocenters. The Balaban J connectivity index is 2.46.